The van der Waals surface area contributed by atoms with E-state index in [-0.39, 0.29) is 11.6 Å². The smallest absolute Gasteiger partial charge is 0.183 e. The number of nitrogens with zero attached hydrogens (tertiary/aromatic N) is 5. The summed E-state index contributed by atoms with van der Waals surface area (Å²) in [6.45, 7) is 4.28. The molecule has 0 aliphatic carbocycles. The van der Waals surface area contributed by atoms with E-state index in [1.54, 1.807) is 34.5 Å². The molecule has 7 nitrogen and oxygen atoms in total. The first kappa shape index (κ1) is 17.8. The van der Waals surface area contributed by atoms with Crippen molar-refractivity contribution in [1.29, 1.82) is 0 Å². The van der Waals surface area contributed by atoms with Crippen LogP contribution in [0.15, 0.2) is 30.6 Å². The lowest BCUT2D eigenvalue weighted by molar-refractivity contribution is 0.0371. The number of aryl methyl sites for hydroxylation is 1. The van der Waals surface area contributed by atoms with Crippen LogP contribution in [-0.2, 0) is 11.8 Å². The quantitative estimate of drug-likeness (QED) is 0.622. The molecular weight excluding hydrogens is 349 g/mol. The minimum absolute atomic E-state index is 0.0277. The number of halogens is 1. The highest BCUT2D eigenvalue weighted by Gasteiger charge is 2.17. The summed E-state index contributed by atoms with van der Waals surface area (Å²) >= 11 is 0. The first-order chi connectivity index (χ1) is 13.1. The Morgan fingerprint density at radius 3 is 2.89 bits per heavy atom. The molecule has 0 amide bonds. The third-order valence-electron chi connectivity index (χ3n) is 4.82. The van der Waals surface area contributed by atoms with E-state index in [4.69, 9.17) is 4.74 Å². The van der Waals surface area contributed by atoms with E-state index >= 15 is 0 Å². The molecule has 3 aromatic heterocycles. The van der Waals surface area contributed by atoms with Gasteiger partial charge in [0.2, 0.25) is 0 Å². The van der Waals surface area contributed by atoms with E-state index in [1.807, 2.05) is 0 Å². The van der Waals surface area contributed by atoms with Gasteiger partial charge in [0.1, 0.15) is 22.9 Å². The fraction of sp³-hybridized carbons (Fsp3) is 0.421. The zero-order valence-electron chi connectivity index (χ0n) is 15.3. The van der Waals surface area contributed by atoms with E-state index in [2.05, 4.69) is 15.0 Å². The predicted octanol–water partition coefficient (Wildman–Crippen LogP) is 2.17. The highest BCUT2D eigenvalue weighted by atomic mass is 19.1. The molecule has 4 rings (SSSR count). The van der Waals surface area contributed by atoms with Crippen molar-refractivity contribution in [3.63, 3.8) is 0 Å². The molecule has 0 bridgehead atoms. The highest BCUT2D eigenvalue weighted by Crippen LogP contribution is 2.21. The second kappa shape index (κ2) is 7.58. The molecule has 0 atom stereocenters. The van der Waals surface area contributed by atoms with Crippen molar-refractivity contribution >= 4 is 11.4 Å². The van der Waals surface area contributed by atoms with Gasteiger partial charge in [-0.2, -0.15) is 5.10 Å². The summed E-state index contributed by atoms with van der Waals surface area (Å²) in [6.07, 6.45) is 4.38. The molecule has 0 aromatic carbocycles. The Kier molecular flexibility index (Phi) is 5.00. The van der Waals surface area contributed by atoms with Gasteiger partial charge in [-0.05, 0) is 31.2 Å². The number of hydrogen-bond donors (Lipinski definition) is 0. The third kappa shape index (κ3) is 3.91. The molecule has 0 radical (unpaired) electrons. The van der Waals surface area contributed by atoms with Gasteiger partial charge < -0.3 is 9.14 Å². The van der Waals surface area contributed by atoms with E-state index < -0.39 is 0 Å². The third-order valence-corrected chi connectivity index (χ3v) is 4.82. The minimum atomic E-state index is -0.326. The van der Waals surface area contributed by atoms with Crippen LogP contribution in [0.1, 0.15) is 23.3 Å². The average molecular weight is 371 g/mol. The number of morpholine rings is 1. The summed E-state index contributed by atoms with van der Waals surface area (Å²) in [5, 5.41) is 4.35. The number of carbonyl (C=O) groups excluding carboxylic acids is 1. The zero-order valence-corrected chi connectivity index (χ0v) is 15.3. The Morgan fingerprint density at radius 1 is 1.26 bits per heavy atom. The summed E-state index contributed by atoms with van der Waals surface area (Å²) in [7, 11) is 1.78. The van der Waals surface area contributed by atoms with E-state index in [1.165, 1.54) is 12.3 Å². The number of aromatic nitrogens is 4. The number of Topliss-reactive ketones (excluding diaryl/α,β-unsaturated/α-hetero) is 1. The van der Waals surface area contributed by atoms with Crippen molar-refractivity contribution in [2.75, 3.05) is 32.8 Å². The second-order valence-corrected chi connectivity index (χ2v) is 6.76. The zero-order chi connectivity index (χ0) is 18.8. The summed E-state index contributed by atoms with van der Waals surface area (Å²) in [5.41, 5.74) is 2.47. The molecule has 3 aromatic rings. The number of imidazole rings is 1. The standard InChI is InChI=1S/C19H22FN5O2/c1-23-17(16-13-25-12-14(20)4-5-19(25)21-16)11-15(22-23)18(26)3-2-6-24-7-9-27-10-8-24/h4-5,11-13H,2-3,6-10H2,1H3. The Balaban J connectivity index is 1.44. The molecule has 0 N–H and O–H groups in total. The first-order valence-electron chi connectivity index (χ1n) is 9.12. The molecule has 8 heteroatoms. The largest absolute Gasteiger partial charge is 0.379 e. The van der Waals surface area contributed by atoms with Crippen LogP contribution in [0.5, 0.6) is 0 Å². The molecule has 27 heavy (non-hydrogen) atoms. The van der Waals surface area contributed by atoms with Crippen LogP contribution in [-0.4, -0.2) is 62.7 Å². The first-order valence-corrected chi connectivity index (χ1v) is 9.12. The molecule has 1 saturated heterocycles. The van der Waals surface area contributed by atoms with E-state index in [0.29, 0.717) is 23.5 Å². The topological polar surface area (TPSA) is 64.7 Å². The summed E-state index contributed by atoms with van der Waals surface area (Å²) in [6, 6.07) is 4.75. The fourth-order valence-corrected chi connectivity index (χ4v) is 3.35. The van der Waals surface area contributed by atoms with E-state index in [9.17, 15) is 9.18 Å². The lowest BCUT2D eigenvalue weighted by atomic mass is 10.1. The maximum Gasteiger partial charge on any atom is 0.183 e. The number of ketones is 1. The molecule has 1 aliphatic rings. The SMILES string of the molecule is Cn1nc(C(=O)CCCN2CCOCC2)cc1-c1cn2cc(F)ccc2n1. The average Bonchev–Trinajstić information content (AvgIpc) is 3.25. The highest BCUT2D eigenvalue weighted by molar-refractivity contribution is 5.95. The van der Waals surface area contributed by atoms with Gasteiger partial charge in [-0.25, -0.2) is 9.37 Å². The van der Waals surface area contributed by atoms with Crippen LogP contribution in [0.4, 0.5) is 4.39 Å². The van der Waals surface area contributed by atoms with Crippen molar-refractivity contribution in [2.24, 2.45) is 7.05 Å². The van der Waals surface area contributed by atoms with Crippen molar-refractivity contribution in [3.8, 4) is 11.4 Å². The van der Waals surface area contributed by atoms with Crippen LogP contribution >= 0.6 is 0 Å². The molecule has 4 heterocycles. The normalized spacial score (nSPS) is 15.5. The van der Waals surface area contributed by atoms with Crippen LogP contribution in [0, 0.1) is 5.82 Å². The van der Waals surface area contributed by atoms with Crippen LogP contribution < -0.4 is 0 Å². The molecule has 0 saturated carbocycles. The van der Waals surface area contributed by atoms with Crippen LogP contribution in [0.25, 0.3) is 17.0 Å². The molecule has 1 fully saturated rings. The second-order valence-electron chi connectivity index (χ2n) is 6.76. The molecule has 1 aliphatic heterocycles. The molecular formula is C19H22FN5O2. The number of carbonyl (C=O) groups is 1. The van der Waals surface area contributed by atoms with Gasteiger partial charge in [-0.15, -0.1) is 0 Å². The minimum Gasteiger partial charge on any atom is -0.379 e. The summed E-state index contributed by atoms with van der Waals surface area (Å²) in [5.74, 6) is -0.299. The van der Waals surface area contributed by atoms with Gasteiger partial charge in [0.05, 0.1) is 18.9 Å². The van der Waals surface area contributed by atoms with Crippen LogP contribution in [0.2, 0.25) is 0 Å². The number of ether oxygens (including phenoxy) is 1. The van der Waals surface area contributed by atoms with Gasteiger partial charge in [0.25, 0.3) is 0 Å². The molecule has 0 unspecified atom stereocenters. The Bertz CT molecular complexity index is 958. The number of hydrogen-bond acceptors (Lipinski definition) is 5. The summed E-state index contributed by atoms with van der Waals surface area (Å²) in [4.78, 5) is 19.3. The van der Waals surface area contributed by atoms with Gasteiger partial charge in [0, 0.05) is 39.0 Å². The Labute approximate surface area is 156 Å². The van der Waals surface area contributed by atoms with Crippen molar-refractivity contribution in [2.45, 2.75) is 12.8 Å². The summed E-state index contributed by atoms with van der Waals surface area (Å²) < 4.78 is 22.0. The predicted molar refractivity (Wildman–Crippen MR) is 98.2 cm³/mol. The van der Waals surface area contributed by atoms with Crippen molar-refractivity contribution in [1.82, 2.24) is 24.1 Å². The van der Waals surface area contributed by atoms with Gasteiger partial charge in [-0.1, -0.05) is 0 Å². The molecule has 142 valence electrons. The van der Waals surface area contributed by atoms with Gasteiger partial charge in [-0.3, -0.25) is 14.4 Å². The monoisotopic (exact) mass is 371 g/mol. The van der Waals surface area contributed by atoms with Gasteiger partial charge >= 0.3 is 0 Å². The Hall–Kier alpha value is -2.58. The van der Waals surface area contributed by atoms with Crippen molar-refractivity contribution < 1.29 is 13.9 Å². The van der Waals surface area contributed by atoms with Crippen molar-refractivity contribution in [3.05, 3.63) is 42.1 Å². The maximum absolute atomic E-state index is 13.4. The number of fused-ring (bicyclic) bond motifs is 1. The lowest BCUT2D eigenvalue weighted by Gasteiger charge is -2.26. The number of pyridine rings is 1. The van der Waals surface area contributed by atoms with Gasteiger partial charge in [0.15, 0.2) is 5.78 Å². The van der Waals surface area contributed by atoms with E-state index in [0.717, 1.165) is 45.0 Å². The fourth-order valence-electron chi connectivity index (χ4n) is 3.35. The number of rotatable bonds is 6. The lowest BCUT2D eigenvalue weighted by Crippen LogP contribution is -2.36. The van der Waals surface area contributed by atoms with Crippen LogP contribution in [0.3, 0.4) is 0 Å². The Morgan fingerprint density at radius 2 is 2.07 bits per heavy atom. The molecule has 0 spiro atoms. The maximum atomic E-state index is 13.4.